The zero-order valence-corrected chi connectivity index (χ0v) is 6.47. The topological polar surface area (TPSA) is 0 Å². The highest BCUT2D eigenvalue weighted by molar-refractivity contribution is 5.18. The summed E-state index contributed by atoms with van der Waals surface area (Å²) in [6.45, 7) is 3.76. The lowest BCUT2D eigenvalue weighted by Gasteiger charge is -2.28. The maximum absolute atomic E-state index is 13.6. The van der Waals surface area contributed by atoms with Gasteiger partial charge in [-0.25, -0.2) is 4.39 Å². The number of fused-ring (bicyclic) bond motifs is 2. The maximum atomic E-state index is 13.6. The first kappa shape index (κ1) is 6.38. The fourth-order valence-corrected chi connectivity index (χ4v) is 2.27. The molecule has 1 saturated carbocycles. The van der Waals surface area contributed by atoms with Crippen molar-refractivity contribution < 1.29 is 4.39 Å². The molecule has 1 heteroatoms. The van der Waals surface area contributed by atoms with Crippen LogP contribution in [0.2, 0.25) is 0 Å². The average molecular weight is 140 g/mol. The van der Waals surface area contributed by atoms with Gasteiger partial charge in [0, 0.05) is 5.92 Å². The molecule has 4 atom stereocenters. The fraction of sp³-hybridized carbons (Fsp3) is 0.778. The van der Waals surface area contributed by atoms with Crippen molar-refractivity contribution in [3.63, 3.8) is 0 Å². The van der Waals surface area contributed by atoms with Crippen LogP contribution in [-0.2, 0) is 0 Å². The molecule has 0 aromatic heterocycles. The molecule has 0 saturated heterocycles. The molecule has 0 heterocycles. The molecule has 0 radical (unpaired) electrons. The standard InChI is InChI=1S/C9H13F/c1-6-7-3-4-8(5-7)9(6,2)10/h3-4,6-8H,5H2,1-2H3. The van der Waals surface area contributed by atoms with Crippen LogP contribution in [0.4, 0.5) is 4.39 Å². The minimum absolute atomic E-state index is 0.215. The molecule has 0 aromatic carbocycles. The second-order valence-corrected chi connectivity index (χ2v) is 3.83. The third-order valence-electron chi connectivity index (χ3n) is 3.37. The highest BCUT2D eigenvalue weighted by Gasteiger charge is 2.51. The van der Waals surface area contributed by atoms with E-state index in [0.29, 0.717) is 5.92 Å². The molecule has 0 aliphatic heterocycles. The zero-order valence-electron chi connectivity index (χ0n) is 6.47. The van der Waals surface area contributed by atoms with E-state index < -0.39 is 5.67 Å². The Morgan fingerprint density at radius 2 is 2.20 bits per heavy atom. The van der Waals surface area contributed by atoms with E-state index in [0.717, 1.165) is 6.42 Å². The smallest absolute Gasteiger partial charge is 0.117 e. The molecule has 2 bridgehead atoms. The van der Waals surface area contributed by atoms with E-state index in [1.807, 2.05) is 13.0 Å². The van der Waals surface area contributed by atoms with E-state index >= 15 is 0 Å². The van der Waals surface area contributed by atoms with Gasteiger partial charge in [0.15, 0.2) is 0 Å². The van der Waals surface area contributed by atoms with Gasteiger partial charge in [-0.2, -0.15) is 0 Å². The Bertz CT molecular complexity index is 181. The van der Waals surface area contributed by atoms with Crippen LogP contribution in [0.3, 0.4) is 0 Å². The molecular weight excluding hydrogens is 127 g/mol. The highest BCUT2D eigenvalue weighted by Crippen LogP contribution is 2.52. The van der Waals surface area contributed by atoms with Gasteiger partial charge in [0.25, 0.3) is 0 Å². The van der Waals surface area contributed by atoms with E-state index in [-0.39, 0.29) is 11.8 Å². The highest BCUT2D eigenvalue weighted by atomic mass is 19.1. The summed E-state index contributed by atoms with van der Waals surface area (Å²) in [5, 5.41) is 0. The van der Waals surface area contributed by atoms with Gasteiger partial charge in [0.1, 0.15) is 5.67 Å². The normalized spacial score (nSPS) is 58.1. The molecule has 0 amide bonds. The average Bonchev–Trinajstić information content (AvgIpc) is 2.37. The van der Waals surface area contributed by atoms with Crippen LogP contribution in [0.15, 0.2) is 12.2 Å². The van der Waals surface area contributed by atoms with Crippen molar-refractivity contribution in [2.75, 3.05) is 0 Å². The van der Waals surface area contributed by atoms with Crippen LogP contribution in [-0.4, -0.2) is 5.67 Å². The van der Waals surface area contributed by atoms with Gasteiger partial charge in [-0.05, 0) is 25.2 Å². The minimum Gasteiger partial charge on any atom is -0.243 e. The van der Waals surface area contributed by atoms with Crippen molar-refractivity contribution in [1.82, 2.24) is 0 Å². The Morgan fingerprint density at radius 1 is 1.50 bits per heavy atom. The molecule has 0 spiro atoms. The van der Waals surface area contributed by atoms with E-state index in [9.17, 15) is 4.39 Å². The number of allylic oxidation sites excluding steroid dienone is 2. The Labute approximate surface area is 61.1 Å². The van der Waals surface area contributed by atoms with Crippen LogP contribution in [0.5, 0.6) is 0 Å². The van der Waals surface area contributed by atoms with E-state index in [1.54, 1.807) is 6.92 Å². The Balaban J connectivity index is 2.35. The minimum atomic E-state index is -0.917. The molecule has 0 N–H and O–H groups in total. The number of rotatable bonds is 0. The van der Waals surface area contributed by atoms with Gasteiger partial charge in [0.05, 0.1) is 0 Å². The first-order chi connectivity index (χ1) is 4.62. The van der Waals surface area contributed by atoms with Crippen molar-refractivity contribution in [2.24, 2.45) is 17.8 Å². The lowest BCUT2D eigenvalue weighted by Crippen LogP contribution is -2.31. The summed E-state index contributed by atoms with van der Waals surface area (Å²) < 4.78 is 13.6. The van der Waals surface area contributed by atoms with Crippen molar-refractivity contribution >= 4 is 0 Å². The summed E-state index contributed by atoms with van der Waals surface area (Å²) in [5.41, 5.74) is -0.917. The lowest BCUT2D eigenvalue weighted by atomic mass is 9.83. The lowest BCUT2D eigenvalue weighted by molar-refractivity contribution is 0.0980. The van der Waals surface area contributed by atoms with Crippen LogP contribution in [0.25, 0.3) is 0 Å². The third kappa shape index (κ3) is 0.561. The monoisotopic (exact) mass is 140 g/mol. The molecule has 10 heavy (non-hydrogen) atoms. The second-order valence-electron chi connectivity index (χ2n) is 3.83. The van der Waals surface area contributed by atoms with Crippen LogP contribution in [0.1, 0.15) is 20.3 Å². The number of alkyl halides is 1. The maximum Gasteiger partial charge on any atom is 0.117 e. The first-order valence-electron chi connectivity index (χ1n) is 3.99. The summed E-state index contributed by atoms with van der Waals surface area (Å²) in [6, 6.07) is 0. The second kappa shape index (κ2) is 1.63. The van der Waals surface area contributed by atoms with Gasteiger partial charge in [-0.1, -0.05) is 19.1 Å². The van der Waals surface area contributed by atoms with Gasteiger partial charge >= 0.3 is 0 Å². The zero-order chi connectivity index (χ0) is 7.35. The first-order valence-corrected chi connectivity index (χ1v) is 3.99. The van der Waals surface area contributed by atoms with E-state index in [4.69, 9.17) is 0 Å². The van der Waals surface area contributed by atoms with Gasteiger partial charge in [-0.15, -0.1) is 0 Å². The summed E-state index contributed by atoms with van der Waals surface area (Å²) in [6.07, 6.45) is 5.27. The van der Waals surface area contributed by atoms with Crippen LogP contribution in [0, 0.1) is 17.8 Å². The van der Waals surface area contributed by atoms with Gasteiger partial charge < -0.3 is 0 Å². The van der Waals surface area contributed by atoms with Gasteiger partial charge in [0.2, 0.25) is 0 Å². The van der Waals surface area contributed by atoms with Crippen LogP contribution >= 0.6 is 0 Å². The van der Waals surface area contributed by atoms with E-state index in [2.05, 4.69) is 6.08 Å². The van der Waals surface area contributed by atoms with Crippen molar-refractivity contribution in [3.05, 3.63) is 12.2 Å². The summed E-state index contributed by atoms with van der Waals surface area (Å²) in [7, 11) is 0. The van der Waals surface area contributed by atoms with Crippen molar-refractivity contribution in [1.29, 1.82) is 0 Å². The van der Waals surface area contributed by atoms with Crippen molar-refractivity contribution in [3.8, 4) is 0 Å². The molecule has 56 valence electrons. The fourth-order valence-electron chi connectivity index (χ4n) is 2.27. The Hall–Kier alpha value is -0.330. The predicted octanol–water partition coefficient (Wildman–Crippen LogP) is 2.56. The molecular formula is C9H13F. The molecule has 0 aromatic rings. The largest absolute Gasteiger partial charge is 0.243 e. The van der Waals surface area contributed by atoms with E-state index in [1.165, 1.54) is 0 Å². The van der Waals surface area contributed by atoms with Crippen molar-refractivity contribution in [2.45, 2.75) is 25.9 Å². The molecule has 4 unspecified atom stereocenters. The summed E-state index contributed by atoms with van der Waals surface area (Å²) >= 11 is 0. The molecule has 2 aliphatic carbocycles. The number of hydrogen-bond acceptors (Lipinski definition) is 0. The Kier molecular flexibility index (Phi) is 1.04. The third-order valence-corrected chi connectivity index (χ3v) is 3.37. The SMILES string of the molecule is CC1C2C=CC(C2)C1(C)F. The number of hydrogen-bond donors (Lipinski definition) is 0. The quantitative estimate of drug-likeness (QED) is 0.454. The van der Waals surface area contributed by atoms with Gasteiger partial charge in [-0.3, -0.25) is 0 Å². The molecule has 0 nitrogen and oxygen atoms in total. The molecule has 2 aliphatic rings. The summed E-state index contributed by atoms with van der Waals surface area (Å²) in [4.78, 5) is 0. The van der Waals surface area contributed by atoms with Crippen LogP contribution < -0.4 is 0 Å². The summed E-state index contributed by atoms with van der Waals surface area (Å²) in [5.74, 6) is 0.981. The Morgan fingerprint density at radius 3 is 2.50 bits per heavy atom. The predicted molar refractivity (Wildman–Crippen MR) is 39.4 cm³/mol. The molecule has 2 rings (SSSR count). The molecule has 1 fully saturated rings. The number of halogens is 1.